The summed E-state index contributed by atoms with van der Waals surface area (Å²) in [5.41, 5.74) is 7.72. The minimum absolute atomic E-state index is 0.0223. The molecule has 2 amide bonds. The van der Waals surface area contributed by atoms with Crippen molar-refractivity contribution in [3.8, 4) is 11.5 Å². The summed E-state index contributed by atoms with van der Waals surface area (Å²) in [7, 11) is -0.331. The van der Waals surface area contributed by atoms with E-state index in [1.807, 2.05) is 26.0 Å². The van der Waals surface area contributed by atoms with E-state index in [4.69, 9.17) is 83.2 Å². The summed E-state index contributed by atoms with van der Waals surface area (Å²) in [6, 6.07) is 13.4. The van der Waals surface area contributed by atoms with Crippen molar-refractivity contribution in [1.29, 1.82) is 0 Å². The van der Waals surface area contributed by atoms with Crippen LogP contribution < -0.4 is 15.4 Å². The van der Waals surface area contributed by atoms with Crippen molar-refractivity contribution in [1.82, 2.24) is 4.90 Å². The number of methoxy groups -OCH3 is 2. The van der Waals surface area contributed by atoms with E-state index >= 15 is 0 Å². The maximum absolute atomic E-state index is 12.2. The van der Waals surface area contributed by atoms with Crippen molar-refractivity contribution in [3.05, 3.63) is 117 Å². The smallest absolute Gasteiger partial charge is 0.345 e. The number of para-hydroxylation sites is 1. The fourth-order valence-corrected chi connectivity index (χ4v) is 6.83. The number of nitro benzene ring substituents is 1. The molecular formula is C42H54Cl5N4O12P. The number of carbonyl (C=O) groups is 4. The Morgan fingerprint density at radius 3 is 2.09 bits per heavy atom. The molecule has 0 radical (unpaired) electrons. The number of esters is 1. The Morgan fingerprint density at radius 1 is 1.03 bits per heavy atom. The topological polar surface area (TPSA) is 229 Å². The molecule has 354 valence electrons. The molecule has 3 rings (SSSR count). The Morgan fingerprint density at radius 2 is 1.64 bits per heavy atom. The third-order valence-corrected chi connectivity index (χ3v) is 10.5. The molecule has 0 aliphatic carbocycles. The third kappa shape index (κ3) is 21.6. The van der Waals surface area contributed by atoms with E-state index in [0.717, 1.165) is 36.4 Å². The van der Waals surface area contributed by atoms with E-state index in [1.165, 1.54) is 29.8 Å². The van der Waals surface area contributed by atoms with Crippen molar-refractivity contribution >= 4 is 101 Å². The van der Waals surface area contributed by atoms with E-state index in [1.54, 1.807) is 36.3 Å². The Labute approximate surface area is 398 Å². The van der Waals surface area contributed by atoms with E-state index in [0.29, 0.717) is 30.5 Å². The molecule has 0 heterocycles. The first-order valence-electron chi connectivity index (χ1n) is 19.0. The van der Waals surface area contributed by atoms with Gasteiger partial charge in [0.05, 0.1) is 35.4 Å². The molecule has 3 aromatic carbocycles. The molecule has 0 spiro atoms. The number of nitrogens with zero attached hydrogens (tertiary/aromatic N) is 3. The van der Waals surface area contributed by atoms with Gasteiger partial charge in [0.15, 0.2) is 12.2 Å². The van der Waals surface area contributed by atoms with Gasteiger partial charge in [0, 0.05) is 50.2 Å². The molecule has 0 aromatic heterocycles. The largest absolute Gasteiger partial charge is 0.480 e. The van der Waals surface area contributed by atoms with Crippen LogP contribution in [0.25, 0.3) is 0 Å². The van der Waals surface area contributed by atoms with Gasteiger partial charge in [0.2, 0.25) is 5.91 Å². The van der Waals surface area contributed by atoms with Crippen LogP contribution in [0.2, 0.25) is 10.0 Å². The summed E-state index contributed by atoms with van der Waals surface area (Å²) in [6.07, 6.45) is 4.10. The number of halogens is 5. The number of anilines is 1. The zero-order valence-electron chi connectivity index (χ0n) is 36.2. The second-order valence-electron chi connectivity index (χ2n) is 13.4. The van der Waals surface area contributed by atoms with Crippen LogP contribution in [0, 0.1) is 17.0 Å². The number of carbonyl (C=O) groups excluding carboxylic acids is 3. The van der Waals surface area contributed by atoms with E-state index in [2.05, 4.69) is 30.9 Å². The van der Waals surface area contributed by atoms with Crippen LogP contribution in [0.4, 0.5) is 11.4 Å². The highest BCUT2D eigenvalue weighted by Gasteiger charge is 2.25. The quantitative estimate of drug-likeness (QED) is 0.0254. The molecule has 22 heteroatoms. The van der Waals surface area contributed by atoms with Crippen LogP contribution in [-0.4, -0.2) is 113 Å². The average Bonchev–Trinajstić information content (AvgIpc) is 3.24. The normalized spacial score (nSPS) is 12.2. The molecule has 3 aromatic rings. The van der Waals surface area contributed by atoms with E-state index in [-0.39, 0.29) is 58.3 Å². The van der Waals surface area contributed by atoms with Gasteiger partial charge >= 0.3 is 11.9 Å². The SMILES string of the molecule is C=CCN(CC=C)C(=O)C(Cl)Cl.CCc1cccc(C)c1N(C(=O)CCl)C(C)COC.COC(=O)c1cc(Oc2ccc(Cl)cc2Cl)ccc1[N+](=O)[O-].CP(=O)(O)CCC(N)C(=O)O. The number of amides is 2. The van der Waals surface area contributed by atoms with E-state index < -0.39 is 35.1 Å². The Balaban J connectivity index is 0.000000863. The summed E-state index contributed by atoms with van der Waals surface area (Å²) in [5, 5.41) is 19.9. The monoisotopic (exact) mass is 1010 g/mol. The number of nitro groups is 1. The first-order chi connectivity index (χ1) is 29.9. The highest BCUT2D eigenvalue weighted by Crippen LogP contribution is 2.36. The van der Waals surface area contributed by atoms with Gasteiger partial charge in [-0.25, -0.2) is 4.79 Å². The van der Waals surface area contributed by atoms with Crippen molar-refractivity contribution in [2.45, 2.75) is 50.5 Å². The molecule has 16 nitrogen and oxygen atoms in total. The van der Waals surface area contributed by atoms with Crippen LogP contribution in [0.1, 0.15) is 41.8 Å². The number of aliphatic carboxylic acids is 1. The Kier molecular flexibility index (Phi) is 28.8. The molecule has 0 saturated heterocycles. The fourth-order valence-electron chi connectivity index (χ4n) is 5.22. The lowest BCUT2D eigenvalue weighted by atomic mass is 10.0. The number of carboxylic acids is 1. The predicted octanol–water partition coefficient (Wildman–Crippen LogP) is 9.32. The van der Waals surface area contributed by atoms with Gasteiger partial charge in [-0.2, -0.15) is 0 Å². The predicted molar refractivity (Wildman–Crippen MR) is 254 cm³/mol. The lowest BCUT2D eigenvalue weighted by Gasteiger charge is -2.31. The van der Waals surface area contributed by atoms with Crippen molar-refractivity contribution in [3.63, 3.8) is 0 Å². The average molecular weight is 1020 g/mol. The zero-order valence-corrected chi connectivity index (χ0v) is 40.9. The fraction of sp³-hybridized carbons (Fsp3) is 0.381. The van der Waals surface area contributed by atoms with Gasteiger partial charge in [-0.3, -0.25) is 29.1 Å². The van der Waals surface area contributed by atoms with Crippen LogP contribution in [0.3, 0.4) is 0 Å². The van der Waals surface area contributed by atoms with Crippen LogP contribution in [0.5, 0.6) is 11.5 Å². The molecule has 4 N–H and O–H groups in total. The molecule has 0 saturated carbocycles. The maximum Gasteiger partial charge on any atom is 0.345 e. The van der Waals surface area contributed by atoms with Crippen LogP contribution in [-0.2, 0) is 34.8 Å². The van der Waals surface area contributed by atoms with Gasteiger partial charge in [-0.05, 0) is 62.1 Å². The summed E-state index contributed by atoms with van der Waals surface area (Å²) in [4.78, 5) is 66.4. The first-order valence-corrected chi connectivity index (χ1v) is 23.4. The van der Waals surface area contributed by atoms with Gasteiger partial charge in [-0.1, -0.05) is 83.7 Å². The second kappa shape index (κ2) is 30.8. The number of rotatable bonds is 19. The highest BCUT2D eigenvalue weighted by atomic mass is 35.5. The number of hydrogen-bond acceptors (Lipinski definition) is 11. The van der Waals surface area contributed by atoms with Gasteiger partial charge < -0.3 is 39.7 Å². The zero-order chi connectivity index (χ0) is 49.3. The van der Waals surface area contributed by atoms with Crippen molar-refractivity contribution < 1.29 is 52.9 Å². The Bertz CT molecular complexity index is 2080. The second-order valence-corrected chi connectivity index (χ2v) is 18.1. The summed E-state index contributed by atoms with van der Waals surface area (Å²) in [6.45, 7) is 15.6. The third-order valence-electron chi connectivity index (χ3n) is 8.24. The lowest BCUT2D eigenvalue weighted by Crippen LogP contribution is -2.43. The number of alkyl halides is 3. The summed E-state index contributed by atoms with van der Waals surface area (Å²) in [5.74, 6) is -1.90. The Hall–Kier alpha value is -4.22. The number of hydrogen-bond donors (Lipinski definition) is 3. The summed E-state index contributed by atoms with van der Waals surface area (Å²) >= 11 is 28.3. The van der Waals surface area contributed by atoms with Crippen molar-refractivity contribution in [2.24, 2.45) is 5.73 Å². The minimum atomic E-state index is -3.10. The number of carboxylic acid groups (broad SMARTS) is 1. The molecular weight excluding hydrogens is 961 g/mol. The molecule has 3 unspecified atom stereocenters. The standard InChI is InChI=1S/C15H22ClNO2.C14H9Cl2NO5.C8H11Cl2NO.C5H12NO4P/c1-5-13-8-6-7-11(2)15(13)17(14(18)9-16)12(3)10-19-4;1-21-14(18)10-7-9(3-4-12(10)17(19)20)22-13-5-2-8(15)6-11(13)16;1-3-5-11(6-4-2)8(12)7(9)10;1-11(9,10)3-2-4(6)5(7)8/h6-8,12H,5,9-10H2,1-4H3;2-7H,1H3;3-4,7H,1-2,5-6H2;4H,2-3,6H2,1H3,(H,7,8)(H,9,10). The first kappa shape index (κ1) is 59.8. The van der Waals surface area contributed by atoms with Crippen molar-refractivity contribution in [2.75, 3.05) is 57.5 Å². The van der Waals surface area contributed by atoms with Gasteiger partial charge in [-0.15, -0.1) is 24.8 Å². The number of nitrogens with two attached hydrogens (primary N) is 1. The highest BCUT2D eigenvalue weighted by molar-refractivity contribution is 7.57. The molecule has 64 heavy (non-hydrogen) atoms. The molecule has 0 bridgehead atoms. The summed E-state index contributed by atoms with van der Waals surface area (Å²) < 4.78 is 25.9. The minimum Gasteiger partial charge on any atom is -0.480 e. The van der Waals surface area contributed by atoms with E-state index in [9.17, 15) is 33.9 Å². The number of aryl methyl sites for hydroxylation is 2. The van der Waals surface area contributed by atoms with Gasteiger partial charge in [0.1, 0.15) is 29.0 Å². The lowest BCUT2D eigenvalue weighted by molar-refractivity contribution is -0.385. The van der Waals surface area contributed by atoms with Gasteiger partial charge in [0.25, 0.3) is 11.6 Å². The molecule has 0 fully saturated rings. The molecule has 0 aliphatic heterocycles. The molecule has 0 aliphatic rings. The number of benzene rings is 3. The van der Waals surface area contributed by atoms with Crippen LogP contribution in [0.15, 0.2) is 79.9 Å². The number of ether oxygens (including phenoxy) is 3. The van der Waals surface area contributed by atoms with Crippen LogP contribution >= 0.6 is 65.4 Å². The molecule has 3 atom stereocenters. The maximum atomic E-state index is 12.2.